The van der Waals surface area contributed by atoms with Gasteiger partial charge in [0.1, 0.15) is 0 Å². The van der Waals surface area contributed by atoms with E-state index in [0.29, 0.717) is 17.4 Å². The highest BCUT2D eigenvalue weighted by atomic mass is 127. The maximum absolute atomic E-state index is 5.34. The molecule has 1 aliphatic rings. The Morgan fingerprint density at radius 1 is 1.15 bits per heavy atom. The van der Waals surface area contributed by atoms with E-state index in [-0.39, 0.29) is 24.0 Å². The van der Waals surface area contributed by atoms with Crippen LogP contribution in [0, 0.1) is 5.92 Å². The molecule has 1 unspecified atom stereocenters. The Kier molecular flexibility index (Phi) is 10.7. The molecule has 148 valence electrons. The molecule has 1 saturated heterocycles. The van der Waals surface area contributed by atoms with Crippen LogP contribution in [0.4, 0.5) is 5.69 Å². The number of halogens is 1. The maximum atomic E-state index is 5.34. The van der Waals surface area contributed by atoms with Crippen LogP contribution in [0.3, 0.4) is 0 Å². The van der Waals surface area contributed by atoms with Gasteiger partial charge in [-0.1, -0.05) is 13.3 Å². The lowest BCUT2D eigenvalue weighted by molar-refractivity contribution is 0.201. The predicted molar refractivity (Wildman–Crippen MR) is 119 cm³/mol. The molecule has 0 spiro atoms. The number of ether oxygens (including phenoxy) is 2. The summed E-state index contributed by atoms with van der Waals surface area (Å²) in [5, 5.41) is 6.72. The number of likely N-dealkylation sites (tertiary alicyclic amines) is 1. The standard InChI is InChI=1S/C19H32N4O2.HI/c1-15(14-23-10-6-5-7-11-23)13-21-19(20-2)22-16-8-9-17(24-3)18(12-16)25-4;/h8-9,12,15H,5-7,10-11,13-14H2,1-4H3,(H2,20,21,22);1H. The van der Waals surface area contributed by atoms with Gasteiger partial charge in [0.25, 0.3) is 0 Å². The molecule has 2 rings (SSSR count). The monoisotopic (exact) mass is 476 g/mol. The van der Waals surface area contributed by atoms with Gasteiger partial charge in [-0.2, -0.15) is 0 Å². The third-order valence-corrected chi connectivity index (χ3v) is 4.51. The summed E-state index contributed by atoms with van der Waals surface area (Å²) in [4.78, 5) is 6.88. The zero-order valence-corrected chi connectivity index (χ0v) is 18.7. The minimum Gasteiger partial charge on any atom is -0.493 e. The van der Waals surface area contributed by atoms with Gasteiger partial charge in [0, 0.05) is 31.9 Å². The van der Waals surface area contributed by atoms with Gasteiger partial charge < -0.3 is 25.0 Å². The van der Waals surface area contributed by atoms with Crippen LogP contribution >= 0.6 is 24.0 Å². The van der Waals surface area contributed by atoms with E-state index in [1.807, 2.05) is 18.2 Å². The second-order valence-electron chi connectivity index (χ2n) is 6.61. The van der Waals surface area contributed by atoms with Crippen molar-refractivity contribution in [1.82, 2.24) is 10.2 Å². The average molecular weight is 476 g/mol. The van der Waals surface area contributed by atoms with Gasteiger partial charge in [0.2, 0.25) is 0 Å². The van der Waals surface area contributed by atoms with Crippen molar-refractivity contribution in [2.75, 3.05) is 52.8 Å². The second-order valence-corrected chi connectivity index (χ2v) is 6.61. The number of guanidine groups is 1. The molecular weight excluding hydrogens is 443 g/mol. The summed E-state index contributed by atoms with van der Waals surface area (Å²) < 4.78 is 10.6. The third-order valence-electron chi connectivity index (χ3n) is 4.51. The summed E-state index contributed by atoms with van der Waals surface area (Å²) in [7, 11) is 5.05. The normalized spacial score (nSPS) is 16.4. The lowest BCUT2D eigenvalue weighted by atomic mass is 10.1. The highest BCUT2D eigenvalue weighted by Gasteiger charge is 2.14. The van der Waals surface area contributed by atoms with E-state index in [1.165, 1.54) is 32.4 Å². The SMILES string of the molecule is CN=C(NCC(C)CN1CCCCC1)Nc1ccc(OC)c(OC)c1.I. The third kappa shape index (κ3) is 7.19. The van der Waals surface area contributed by atoms with E-state index >= 15 is 0 Å². The van der Waals surface area contributed by atoms with Crippen LogP contribution in [-0.2, 0) is 0 Å². The van der Waals surface area contributed by atoms with E-state index in [9.17, 15) is 0 Å². The largest absolute Gasteiger partial charge is 0.493 e. The highest BCUT2D eigenvalue weighted by molar-refractivity contribution is 14.0. The van der Waals surface area contributed by atoms with Gasteiger partial charge in [-0.05, 0) is 44.0 Å². The number of rotatable bonds is 7. The van der Waals surface area contributed by atoms with Crippen molar-refractivity contribution >= 4 is 35.6 Å². The first kappa shape index (κ1) is 22.8. The molecule has 7 heteroatoms. The molecule has 0 amide bonds. The van der Waals surface area contributed by atoms with Crippen molar-refractivity contribution in [1.29, 1.82) is 0 Å². The maximum Gasteiger partial charge on any atom is 0.195 e. The molecule has 1 aromatic carbocycles. The van der Waals surface area contributed by atoms with Crippen molar-refractivity contribution < 1.29 is 9.47 Å². The first-order valence-electron chi connectivity index (χ1n) is 9.08. The van der Waals surface area contributed by atoms with Crippen molar-refractivity contribution in [3.63, 3.8) is 0 Å². The fourth-order valence-corrected chi connectivity index (χ4v) is 3.15. The van der Waals surface area contributed by atoms with Gasteiger partial charge in [0.05, 0.1) is 14.2 Å². The highest BCUT2D eigenvalue weighted by Crippen LogP contribution is 2.29. The topological polar surface area (TPSA) is 58.1 Å². The lowest BCUT2D eigenvalue weighted by Gasteiger charge is -2.29. The number of hydrogen-bond donors (Lipinski definition) is 2. The van der Waals surface area contributed by atoms with E-state index in [2.05, 4.69) is 27.4 Å². The number of methoxy groups -OCH3 is 2. The molecule has 26 heavy (non-hydrogen) atoms. The van der Waals surface area contributed by atoms with Gasteiger partial charge in [-0.25, -0.2) is 0 Å². The summed E-state index contributed by atoms with van der Waals surface area (Å²) >= 11 is 0. The first-order chi connectivity index (χ1) is 12.2. The zero-order chi connectivity index (χ0) is 18.1. The van der Waals surface area contributed by atoms with Crippen molar-refractivity contribution in [3.8, 4) is 11.5 Å². The van der Waals surface area contributed by atoms with E-state index < -0.39 is 0 Å². The Labute approximate surface area is 174 Å². The minimum absolute atomic E-state index is 0. The molecule has 2 N–H and O–H groups in total. The van der Waals surface area contributed by atoms with Crippen LogP contribution in [0.1, 0.15) is 26.2 Å². The van der Waals surface area contributed by atoms with Gasteiger partial charge >= 0.3 is 0 Å². The van der Waals surface area contributed by atoms with Crippen LogP contribution in [0.25, 0.3) is 0 Å². The molecular formula is C19H33IN4O2. The summed E-state index contributed by atoms with van der Waals surface area (Å²) in [5.41, 5.74) is 0.912. The number of nitrogens with zero attached hydrogens (tertiary/aromatic N) is 2. The van der Waals surface area contributed by atoms with Crippen LogP contribution in [0.15, 0.2) is 23.2 Å². The summed E-state index contributed by atoms with van der Waals surface area (Å²) in [6, 6.07) is 5.74. The molecule has 6 nitrogen and oxygen atoms in total. The smallest absolute Gasteiger partial charge is 0.195 e. The van der Waals surface area contributed by atoms with E-state index in [4.69, 9.17) is 9.47 Å². The fourth-order valence-electron chi connectivity index (χ4n) is 3.15. The fraction of sp³-hybridized carbons (Fsp3) is 0.632. The van der Waals surface area contributed by atoms with Crippen LogP contribution in [0.2, 0.25) is 0 Å². The van der Waals surface area contributed by atoms with E-state index in [0.717, 1.165) is 24.7 Å². The summed E-state index contributed by atoms with van der Waals surface area (Å²) in [5.74, 6) is 2.74. The van der Waals surface area contributed by atoms with Crippen LogP contribution in [-0.4, -0.2) is 58.3 Å². The molecule has 1 fully saturated rings. The zero-order valence-electron chi connectivity index (χ0n) is 16.4. The second kappa shape index (κ2) is 12.2. The molecule has 0 bridgehead atoms. The van der Waals surface area contributed by atoms with Crippen molar-refractivity contribution in [3.05, 3.63) is 18.2 Å². The number of benzene rings is 1. The molecule has 0 aromatic heterocycles. The van der Waals surface area contributed by atoms with Gasteiger partial charge in [0.15, 0.2) is 17.5 Å². The average Bonchev–Trinajstić information content (AvgIpc) is 2.65. The number of hydrogen-bond acceptors (Lipinski definition) is 4. The minimum atomic E-state index is 0. The molecule has 1 aliphatic heterocycles. The predicted octanol–water partition coefficient (Wildman–Crippen LogP) is 3.43. The number of piperidine rings is 1. The number of nitrogens with one attached hydrogen (secondary N) is 2. The Bertz CT molecular complexity index is 562. The molecule has 0 aliphatic carbocycles. The quantitative estimate of drug-likeness (QED) is 0.359. The molecule has 1 atom stereocenters. The Morgan fingerprint density at radius 2 is 1.85 bits per heavy atom. The van der Waals surface area contributed by atoms with Gasteiger partial charge in [-0.3, -0.25) is 4.99 Å². The van der Waals surface area contributed by atoms with Crippen LogP contribution in [0.5, 0.6) is 11.5 Å². The Morgan fingerprint density at radius 3 is 2.46 bits per heavy atom. The molecule has 1 heterocycles. The molecule has 0 saturated carbocycles. The summed E-state index contributed by atoms with van der Waals surface area (Å²) in [6.07, 6.45) is 4.05. The molecule has 0 radical (unpaired) electrons. The lowest BCUT2D eigenvalue weighted by Crippen LogP contribution is -2.39. The van der Waals surface area contributed by atoms with Crippen molar-refractivity contribution in [2.45, 2.75) is 26.2 Å². The molecule has 1 aromatic rings. The van der Waals surface area contributed by atoms with Crippen molar-refractivity contribution in [2.24, 2.45) is 10.9 Å². The van der Waals surface area contributed by atoms with Crippen LogP contribution < -0.4 is 20.1 Å². The number of anilines is 1. The van der Waals surface area contributed by atoms with Gasteiger partial charge in [-0.15, -0.1) is 24.0 Å². The first-order valence-corrected chi connectivity index (χ1v) is 9.08. The Hall–Kier alpha value is -1.22. The number of aliphatic imine (C=N–C) groups is 1. The summed E-state index contributed by atoms with van der Waals surface area (Å²) in [6.45, 7) is 6.79. The Balaban J connectivity index is 0.00000338. The van der Waals surface area contributed by atoms with E-state index in [1.54, 1.807) is 21.3 Å².